The number of carbonyl (C=O) groups is 2. The van der Waals surface area contributed by atoms with Gasteiger partial charge in [-0.25, -0.2) is 4.98 Å². The number of thioether (sulfide) groups is 1. The van der Waals surface area contributed by atoms with Gasteiger partial charge in [-0.3, -0.25) is 14.2 Å². The number of anilines is 1. The lowest BCUT2D eigenvalue weighted by atomic mass is 10.0. The first kappa shape index (κ1) is 22.9. The van der Waals surface area contributed by atoms with Crippen LogP contribution in [0.2, 0.25) is 0 Å². The summed E-state index contributed by atoms with van der Waals surface area (Å²) in [5, 5.41) is 6.31. The largest absolute Gasteiger partial charge is 0.495 e. The van der Waals surface area contributed by atoms with Crippen LogP contribution in [0, 0.1) is 6.92 Å². The summed E-state index contributed by atoms with van der Waals surface area (Å²) in [6.45, 7) is 1.82. The zero-order chi connectivity index (χ0) is 23.2. The van der Waals surface area contributed by atoms with Gasteiger partial charge >= 0.3 is 0 Å². The minimum Gasteiger partial charge on any atom is -0.495 e. The van der Waals surface area contributed by atoms with Crippen molar-refractivity contribution in [2.45, 2.75) is 37.8 Å². The Morgan fingerprint density at radius 2 is 1.88 bits per heavy atom. The molecule has 3 aromatic rings. The van der Waals surface area contributed by atoms with Crippen LogP contribution < -0.4 is 15.4 Å². The summed E-state index contributed by atoms with van der Waals surface area (Å²) in [4.78, 5) is 29.6. The summed E-state index contributed by atoms with van der Waals surface area (Å²) in [6.07, 6.45) is 4.26. The Morgan fingerprint density at radius 1 is 1.09 bits per heavy atom. The average molecular weight is 465 g/mol. The molecule has 1 aliphatic carbocycles. The molecule has 7 nitrogen and oxygen atoms in total. The number of hydrogen-bond acceptors (Lipinski definition) is 5. The summed E-state index contributed by atoms with van der Waals surface area (Å²) in [7, 11) is 1.55. The highest BCUT2D eigenvalue weighted by Crippen LogP contribution is 2.30. The van der Waals surface area contributed by atoms with Gasteiger partial charge in [0, 0.05) is 11.4 Å². The summed E-state index contributed by atoms with van der Waals surface area (Å²) < 4.78 is 7.45. The Hall–Kier alpha value is -3.26. The third-order valence-corrected chi connectivity index (χ3v) is 6.46. The third kappa shape index (κ3) is 5.57. The summed E-state index contributed by atoms with van der Waals surface area (Å²) >= 11 is 1.40. The Balaban J connectivity index is 1.36. The van der Waals surface area contributed by atoms with Crippen LogP contribution in [0.5, 0.6) is 5.75 Å². The molecule has 2 amide bonds. The van der Waals surface area contributed by atoms with Crippen LogP contribution in [0.25, 0.3) is 5.69 Å². The molecular weight excluding hydrogens is 436 g/mol. The normalized spacial score (nSPS) is 12.7. The second-order valence-electron chi connectivity index (χ2n) is 7.98. The number of methoxy groups -OCH3 is 1. The predicted octanol–water partition coefficient (Wildman–Crippen LogP) is 3.92. The number of carbonyl (C=O) groups excluding carboxylic acids is 2. The summed E-state index contributed by atoms with van der Waals surface area (Å²) in [5.74, 6) is 0.238. The van der Waals surface area contributed by atoms with E-state index in [1.54, 1.807) is 13.2 Å². The van der Waals surface area contributed by atoms with Crippen molar-refractivity contribution in [3.8, 4) is 11.4 Å². The number of rotatable bonds is 8. The number of ether oxygens (including phenoxy) is 1. The van der Waals surface area contributed by atoms with E-state index >= 15 is 0 Å². The SMILES string of the molecule is COc1ccc(C)cc1NC(=O)CNC(=O)CSc1nc2c(n1-c1ccccc1)CCCC2. The predicted molar refractivity (Wildman–Crippen MR) is 130 cm³/mol. The molecule has 0 spiro atoms. The van der Waals surface area contributed by atoms with E-state index in [9.17, 15) is 9.59 Å². The number of nitrogens with zero attached hydrogens (tertiary/aromatic N) is 2. The van der Waals surface area contributed by atoms with Crippen LogP contribution in [-0.4, -0.2) is 40.8 Å². The third-order valence-electron chi connectivity index (χ3n) is 5.52. The first-order valence-electron chi connectivity index (χ1n) is 11.0. The van der Waals surface area contributed by atoms with Crippen molar-refractivity contribution in [1.29, 1.82) is 0 Å². The molecule has 0 radical (unpaired) electrons. The van der Waals surface area contributed by atoms with Gasteiger partial charge in [-0.2, -0.15) is 0 Å². The molecule has 0 saturated heterocycles. The Bertz CT molecular complexity index is 1140. The molecule has 8 heteroatoms. The lowest BCUT2D eigenvalue weighted by molar-refractivity contribution is -0.122. The van der Waals surface area contributed by atoms with Crippen LogP contribution in [0.4, 0.5) is 5.69 Å². The maximum absolute atomic E-state index is 12.5. The summed E-state index contributed by atoms with van der Waals surface area (Å²) in [5.41, 5.74) is 5.01. The van der Waals surface area contributed by atoms with E-state index in [4.69, 9.17) is 9.72 Å². The van der Waals surface area contributed by atoms with E-state index in [1.807, 2.05) is 37.3 Å². The highest BCUT2D eigenvalue weighted by molar-refractivity contribution is 7.99. The molecule has 33 heavy (non-hydrogen) atoms. The standard InChI is InChI=1S/C25H28N4O3S/c1-17-12-13-22(32-2)20(14-17)27-23(30)15-26-24(31)16-33-25-28-19-10-6-7-11-21(19)29(25)18-8-4-3-5-9-18/h3-5,8-9,12-14H,6-7,10-11,15-16H2,1-2H3,(H,26,31)(H,27,30). The number of benzene rings is 2. The Morgan fingerprint density at radius 3 is 2.67 bits per heavy atom. The van der Waals surface area contributed by atoms with Gasteiger partial charge in [-0.15, -0.1) is 0 Å². The van der Waals surface area contributed by atoms with E-state index in [0.29, 0.717) is 11.4 Å². The van der Waals surface area contributed by atoms with Gasteiger partial charge in [0.1, 0.15) is 5.75 Å². The highest BCUT2D eigenvalue weighted by atomic mass is 32.2. The number of para-hydroxylation sites is 1. The van der Waals surface area contributed by atoms with Gasteiger partial charge in [0.15, 0.2) is 5.16 Å². The van der Waals surface area contributed by atoms with Crippen LogP contribution in [0.15, 0.2) is 53.7 Å². The number of hydrogen-bond donors (Lipinski definition) is 2. The fourth-order valence-electron chi connectivity index (χ4n) is 3.93. The molecule has 0 aliphatic heterocycles. The summed E-state index contributed by atoms with van der Waals surface area (Å²) in [6, 6.07) is 15.7. The maximum Gasteiger partial charge on any atom is 0.243 e. The van der Waals surface area contributed by atoms with Gasteiger partial charge in [-0.05, 0) is 62.4 Å². The molecule has 1 aromatic heterocycles. The fraction of sp³-hybridized carbons (Fsp3) is 0.320. The minimum absolute atomic E-state index is 0.111. The number of imidazole rings is 1. The molecule has 0 saturated carbocycles. The molecular formula is C25H28N4O3S. The molecule has 1 heterocycles. The zero-order valence-corrected chi connectivity index (χ0v) is 19.7. The van der Waals surface area contributed by atoms with Gasteiger partial charge in [-0.1, -0.05) is 36.0 Å². The molecule has 0 fully saturated rings. The van der Waals surface area contributed by atoms with Crippen LogP contribution in [0.3, 0.4) is 0 Å². The smallest absolute Gasteiger partial charge is 0.243 e. The quantitative estimate of drug-likeness (QED) is 0.494. The van der Waals surface area contributed by atoms with Crippen LogP contribution in [0.1, 0.15) is 29.8 Å². The van der Waals surface area contributed by atoms with E-state index in [2.05, 4.69) is 27.3 Å². The van der Waals surface area contributed by atoms with Crippen molar-refractivity contribution in [1.82, 2.24) is 14.9 Å². The number of aryl methyl sites for hydroxylation is 2. The molecule has 4 rings (SSSR count). The number of fused-ring (bicyclic) bond motifs is 1. The number of amides is 2. The second kappa shape index (κ2) is 10.6. The van der Waals surface area contributed by atoms with Crippen molar-refractivity contribution in [2.75, 3.05) is 24.7 Å². The molecule has 172 valence electrons. The molecule has 2 N–H and O–H groups in total. The number of aromatic nitrogens is 2. The van der Waals surface area contributed by atoms with Crippen LogP contribution >= 0.6 is 11.8 Å². The lowest BCUT2D eigenvalue weighted by Gasteiger charge is -2.15. The van der Waals surface area contributed by atoms with Crippen molar-refractivity contribution in [3.05, 3.63) is 65.5 Å². The molecule has 0 atom stereocenters. The fourth-order valence-corrected chi connectivity index (χ4v) is 4.81. The average Bonchev–Trinajstić information content (AvgIpc) is 3.20. The monoisotopic (exact) mass is 464 g/mol. The molecule has 0 unspecified atom stereocenters. The lowest BCUT2D eigenvalue weighted by Crippen LogP contribution is -2.34. The highest BCUT2D eigenvalue weighted by Gasteiger charge is 2.22. The van der Waals surface area contributed by atoms with E-state index in [-0.39, 0.29) is 24.1 Å². The zero-order valence-electron chi connectivity index (χ0n) is 18.9. The van der Waals surface area contributed by atoms with Gasteiger partial charge in [0.2, 0.25) is 11.8 Å². The van der Waals surface area contributed by atoms with E-state index in [1.165, 1.54) is 17.5 Å². The first-order chi connectivity index (χ1) is 16.0. The van der Waals surface area contributed by atoms with Gasteiger partial charge in [0.05, 0.1) is 30.8 Å². The topological polar surface area (TPSA) is 85.2 Å². The maximum atomic E-state index is 12.5. The van der Waals surface area contributed by atoms with Crippen LogP contribution in [-0.2, 0) is 22.4 Å². The Labute approximate surface area is 197 Å². The molecule has 1 aliphatic rings. The van der Waals surface area contributed by atoms with Crippen molar-refractivity contribution >= 4 is 29.3 Å². The first-order valence-corrected chi connectivity index (χ1v) is 12.0. The van der Waals surface area contributed by atoms with E-state index in [0.717, 1.165) is 47.8 Å². The molecule has 0 bridgehead atoms. The Kier molecular flexibility index (Phi) is 7.34. The van der Waals surface area contributed by atoms with Gasteiger partial charge in [0.25, 0.3) is 0 Å². The van der Waals surface area contributed by atoms with Crippen molar-refractivity contribution in [3.63, 3.8) is 0 Å². The van der Waals surface area contributed by atoms with E-state index < -0.39 is 0 Å². The number of nitrogens with one attached hydrogen (secondary N) is 2. The minimum atomic E-state index is -0.307. The van der Waals surface area contributed by atoms with Crippen molar-refractivity contribution < 1.29 is 14.3 Å². The van der Waals surface area contributed by atoms with Crippen molar-refractivity contribution in [2.24, 2.45) is 0 Å². The van der Waals surface area contributed by atoms with Gasteiger partial charge < -0.3 is 15.4 Å². The molecule has 2 aromatic carbocycles. The second-order valence-corrected chi connectivity index (χ2v) is 8.93.